The van der Waals surface area contributed by atoms with E-state index < -0.39 is 28.7 Å². The Hall–Kier alpha value is -1.38. The molecule has 0 aliphatic heterocycles. The number of hydrogen-bond donors (Lipinski definition) is 3. The van der Waals surface area contributed by atoms with Crippen LogP contribution in [0.25, 0.3) is 0 Å². The van der Waals surface area contributed by atoms with E-state index in [0.717, 1.165) is 4.90 Å². The Morgan fingerprint density at radius 3 is 2.26 bits per heavy atom. The minimum atomic E-state index is -3.94. The second-order valence-corrected chi connectivity index (χ2v) is 7.50. The molecule has 0 aliphatic rings. The molecule has 7 heteroatoms. The lowest BCUT2D eigenvalue weighted by molar-refractivity contribution is 0.106. The van der Waals surface area contributed by atoms with Gasteiger partial charge in [0.15, 0.2) is 0 Å². The van der Waals surface area contributed by atoms with E-state index in [9.17, 15) is 18.6 Å². The summed E-state index contributed by atoms with van der Waals surface area (Å²) in [7, 11) is -3.94. The second kappa shape index (κ2) is 7.46. The number of hydrogen-bond acceptors (Lipinski definition) is 5. The number of aliphatic hydroxyl groups excluding tert-OH is 2. The van der Waals surface area contributed by atoms with Gasteiger partial charge in [0.25, 0.3) is 0 Å². The van der Waals surface area contributed by atoms with Crippen LogP contribution in [0.2, 0.25) is 0 Å². The van der Waals surface area contributed by atoms with Gasteiger partial charge >= 0.3 is 0 Å². The van der Waals surface area contributed by atoms with Crippen LogP contribution in [0.15, 0.2) is 58.3 Å². The molecule has 2 aromatic carbocycles. The third-order valence-corrected chi connectivity index (χ3v) is 5.39. The van der Waals surface area contributed by atoms with Gasteiger partial charge in [-0.25, -0.2) is 13.6 Å². The average molecular weight is 353 g/mol. The highest BCUT2D eigenvalue weighted by Gasteiger charge is 2.27. The van der Waals surface area contributed by atoms with Crippen LogP contribution in [0, 0.1) is 0 Å². The summed E-state index contributed by atoms with van der Waals surface area (Å²) < 4.78 is 23.5. The first-order valence-electron chi connectivity index (χ1n) is 6.93. The Labute approximate surface area is 140 Å². The number of sulfonamides is 1. The highest BCUT2D eigenvalue weighted by atomic mass is 32.2. The third kappa shape index (κ3) is 4.13. The zero-order valence-corrected chi connectivity index (χ0v) is 14.2. The first-order valence-corrected chi connectivity index (χ1v) is 9.70. The Bertz CT molecular complexity index is 760. The maximum absolute atomic E-state index is 11.7. The van der Waals surface area contributed by atoms with E-state index in [1.807, 2.05) is 18.4 Å². The molecule has 124 valence electrons. The van der Waals surface area contributed by atoms with E-state index in [1.165, 1.54) is 6.07 Å². The summed E-state index contributed by atoms with van der Waals surface area (Å²) in [5, 5.41) is 25.5. The zero-order valence-electron chi connectivity index (χ0n) is 12.6. The molecule has 0 saturated heterocycles. The molecular weight excluding hydrogens is 334 g/mol. The van der Waals surface area contributed by atoms with Gasteiger partial charge in [0.05, 0.1) is 17.6 Å². The Morgan fingerprint density at radius 2 is 1.74 bits per heavy atom. The second-order valence-electron chi connectivity index (χ2n) is 5.09. The fourth-order valence-corrected chi connectivity index (χ4v) is 3.67. The summed E-state index contributed by atoms with van der Waals surface area (Å²) in [4.78, 5) is 0.963. The molecule has 2 rings (SSSR count). The Balaban J connectivity index is 2.43. The van der Waals surface area contributed by atoms with Crippen molar-refractivity contribution in [2.75, 3.05) is 12.9 Å². The molecule has 0 unspecified atom stereocenters. The van der Waals surface area contributed by atoms with E-state index in [1.54, 1.807) is 42.1 Å². The molecule has 0 bridgehead atoms. The number of benzene rings is 2. The summed E-state index contributed by atoms with van der Waals surface area (Å²) in [5.41, 5.74) is 0.907. The third-order valence-electron chi connectivity index (χ3n) is 3.66. The molecule has 0 fully saturated rings. The lowest BCUT2D eigenvalue weighted by atomic mass is 9.90. The lowest BCUT2D eigenvalue weighted by Crippen LogP contribution is -2.21. The number of rotatable bonds is 6. The fraction of sp³-hybridized carbons (Fsp3) is 0.250. The van der Waals surface area contributed by atoms with Gasteiger partial charge in [0.1, 0.15) is 0 Å². The van der Waals surface area contributed by atoms with Crippen molar-refractivity contribution in [1.29, 1.82) is 0 Å². The SMILES string of the molecule is CSc1ccc([C@@H](O)[C@H](CO)c2ccccc2S(N)(=O)=O)cc1. The van der Waals surface area contributed by atoms with Crippen molar-refractivity contribution in [3.63, 3.8) is 0 Å². The van der Waals surface area contributed by atoms with E-state index >= 15 is 0 Å². The van der Waals surface area contributed by atoms with Gasteiger partial charge in [0.2, 0.25) is 10.0 Å². The monoisotopic (exact) mass is 353 g/mol. The van der Waals surface area contributed by atoms with E-state index in [2.05, 4.69) is 0 Å². The fourth-order valence-electron chi connectivity index (χ4n) is 2.45. The molecule has 0 saturated carbocycles. The molecule has 0 radical (unpaired) electrons. The van der Waals surface area contributed by atoms with E-state index in [0.29, 0.717) is 11.1 Å². The van der Waals surface area contributed by atoms with Crippen molar-refractivity contribution in [3.8, 4) is 0 Å². The molecule has 0 heterocycles. The average Bonchev–Trinajstić information content (AvgIpc) is 2.55. The Kier molecular flexibility index (Phi) is 5.83. The quantitative estimate of drug-likeness (QED) is 0.688. The number of nitrogens with two attached hydrogens (primary N) is 1. The predicted molar refractivity (Wildman–Crippen MR) is 90.8 cm³/mol. The summed E-state index contributed by atoms with van der Waals surface area (Å²) in [5.74, 6) is -0.787. The Morgan fingerprint density at radius 1 is 1.13 bits per heavy atom. The predicted octanol–water partition coefficient (Wildman–Crippen LogP) is 1.87. The number of aliphatic hydroxyl groups is 2. The van der Waals surface area contributed by atoms with Crippen molar-refractivity contribution in [2.45, 2.75) is 21.8 Å². The van der Waals surface area contributed by atoms with Crippen molar-refractivity contribution in [3.05, 3.63) is 59.7 Å². The van der Waals surface area contributed by atoms with Gasteiger partial charge in [-0.2, -0.15) is 0 Å². The van der Waals surface area contributed by atoms with Crippen LogP contribution in [0.3, 0.4) is 0 Å². The van der Waals surface area contributed by atoms with Crippen molar-refractivity contribution >= 4 is 21.8 Å². The van der Waals surface area contributed by atoms with Crippen LogP contribution in [-0.4, -0.2) is 31.5 Å². The van der Waals surface area contributed by atoms with Gasteiger partial charge in [-0.15, -0.1) is 11.8 Å². The minimum absolute atomic E-state index is 0.0844. The minimum Gasteiger partial charge on any atom is -0.396 e. The zero-order chi connectivity index (χ0) is 17.0. The van der Waals surface area contributed by atoms with Crippen LogP contribution in [-0.2, 0) is 10.0 Å². The molecule has 23 heavy (non-hydrogen) atoms. The van der Waals surface area contributed by atoms with Crippen LogP contribution in [0.4, 0.5) is 0 Å². The lowest BCUT2D eigenvalue weighted by Gasteiger charge is -2.23. The maximum atomic E-state index is 11.7. The molecule has 5 nitrogen and oxygen atoms in total. The molecule has 4 N–H and O–H groups in total. The van der Waals surface area contributed by atoms with Crippen LogP contribution in [0.1, 0.15) is 23.1 Å². The van der Waals surface area contributed by atoms with Gasteiger partial charge < -0.3 is 10.2 Å². The maximum Gasteiger partial charge on any atom is 0.238 e. The molecule has 0 aliphatic carbocycles. The summed E-state index contributed by atoms with van der Waals surface area (Å²) in [6.07, 6.45) is 0.906. The van der Waals surface area contributed by atoms with Gasteiger partial charge in [0, 0.05) is 10.8 Å². The first-order chi connectivity index (χ1) is 10.9. The molecule has 0 spiro atoms. The van der Waals surface area contributed by atoms with Gasteiger partial charge in [-0.1, -0.05) is 30.3 Å². The standard InChI is InChI=1S/C16H19NO4S2/c1-22-12-8-6-11(7-9-12)16(19)14(10-18)13-4-2-3-5-15(13)23(17,20)21/h2-9,14,16,18-19H,10H2,1H3,(H2,17,20,21)/t14-,16-/m1/s1. The largest absolute Gasteiger partial charge is 0.396 e. The molecular formula is C16H19NO4S2. The van der Waals surface area contributed by atoms with E-state index in [4.69, 9.17) is 5.14 Å². The number of thioether (sulfide) groups is 1. The normalized spacial score (nSPS) is 14.4. The van der Waals surface area contributed by atoms with E-state index in [-0.39, 0.29) is 4.90 Å². The molecule has 0 aromatic heterocycles. The van der Waals surface area contributed by atoms with Crippen molar-refractivity contribution in [1.82, 2.24) is 0 Å². The van der Waals surface area contributed by atoms with Crippen LogP contribution >= 0.6 is 11.8 Å². The van der Waals surface area contributed by atoms with Crippen molar-refractivity contribution < 1.29 is 18.6 Å². The first kappa shape index (κ1) is 18.0. The molecule has 2 aromatic rings. The highest BCUT2D eigenvalue weighted by molar-refractivity contribution is 7.98. The van der Waals surface area contributed by atoms with Crippen LogP contribution < -0.4 is 5.14 Å². The number of primary sulfonamides is 1. The molecule has 0 amide bonds. The highest BCUT2D eigenvalue weighted by Crippen LogP contribution is 2.34. The summed E-state index contributed by atoms with van der Waals surface area (Å²) >= 11 is 1.58. The molecule has 2 atom stereocenters. The van der Waals surface area contributed by atoms with Gasteiger partial charge in [-0.3, -0.25) is 0 Å². The van der Waals surface area contributed by atoms with Crippen molar-refractivity contribution in [2.24, 2.45) is 5.14 Å². The van der Waals surface area contributed by atoms with Gasteiger partial charge in [-0.05, 0) is 35.6 Å². The topological polar surface area (TPSA) is 101 Å². The smallest absolute Gasteiger partial charge is 0.238 e. The summed E-state index contributed by atoms with van der Waals surface area (Å²) in [6, 6.07) is 13.4. The van der Waals surface area contributed by atoms with Crippen LogP contribution in [0.5, 0.6) is 0 Å². The summed E-state index contributed by atoms with van der Waals surface area (Å²) in [6.45, 7) is -0.405.